The van der Waals surface area contributed by atoms with Crippen molar-refractivity contribution in [2.75, 3.05) is 6.26 Å². The van der Waals surface area contributed by atoms with Crippen LogP contribution in [-0.2, 0) is 0 Å². The molecule has 6 nitrogen and oxygen atoms in total. The highest BCUT2D eigenvalue weighted by molar-refractivity contribution is 7.98. The predicted molar refractivity (Wildman–Crippen MR) is 75.1 cm³/mol. The number of ether oxygens (including phenoxy) is 1. The summed E-state index contributed by atoms with van der Waals surface area (Å²) >= 11 is 1.10. The number of nitrogens with zero attached hydrogens (tertiary/aromatic N) is 2. The Hall–Kier alpha value is -2.67. The van der Waals surface area contributed by atoms with Crippen molar-refractivity contribution in [1.29, 1.82) is 5.26 Å². The molecule has 1 heterocycles. The van der Waals surface area contributed by atoms with Crippen molar-refractivity contribution in [3.05, 3.63) is 34.1 Å². The topological polar surface area (TPSA) is 99.0 Å². The summed E-state index contributed by atoms with van der Waals surface area (Å²) in [7, 11) is 0. The Labute approximate surface area is 131 Å². The molecule has 120 valence electrons. The summed E-state index contributed by atoms with van der Waals surface area (Å²) in [5.41, 5.74) is -1.26. The minimum Gasteiger partial charge on any atom is -0.507 e. The molecular weight excluding hydrogens is 335 g/mol. The summed E-state index contributed by atoms with van der Waals surface area (Å²) in [5, 5.41) is 19.1. The molecule has 2 rings (SSSR count). The lowest BCUT2D eigenvalue weighted by Crippen LogP contribution is -2.17. The maximum Gasteiger partial charge on any atom is 0.573 e. The molecule has 0 amide bonds. The van der Waals surface area contributed by atoms with Gasteiger partial charge in [0.1, 0.15) is 28.8 Å². The van der Waals surface area contributed by atoms with Gasteiger partial charge < -0.3 is 14.8 Å². The molecule has 0 aliphatic heterocycles. The van der Waals surface area contributed by atoms with Crippen molar-refractivity contribution in [3.8, 4) is 28.8 Å². The lowest BCUT2D eigenvalue weighted by atomic mass is 10.1. The molecule has 0 saturated heterocycles. The van der Waals surface area contributed by atoms with Crippen LogP contribution in [0.2, 0.25) is 0 Å². The fourth-order valence-electron chi connectivity index (χ4n) is 1.76. The second kappa shape index (κ2) is 6.21. The monoisotopic (exact) mass is 343 g/mol. The molecule has 23 heavy (non-hydrogen) atoms. The molecule has 0 aliphatic carbocycles. The molecule has 1 aromatic heterocycles. The molecule has 0 fully saturated rings. The highest BCUT2D eigenvalue weighted by Crippen LogP contribution is 2.34. The number of hydrogen-bond donors (Lipinski definition) is 2. The third-order valence-electron chi connectivity index (χ3n) is 2.66. The Morgan fingerprint density at radius 2 is 2.13 bits per heavy atom. The van der Waals surface area contributed by atoms with Gasteiger partial charge in [-0.15, -0.1) is 13.2 Å². The molecule has 0 aliphatic rings. The number of rotatable bonds is 3. The number of benzene rings is 1. The molecule has 0 atom stereocenters. The second-order valence-electron chi connectivity index (χ2n) is 4.14. The van der Waals surface area contributed by atoms with E-state index in [2.05, 4.69) is 14.7 Å². The van der Waals surface area contributed by atoms with E-state index in [4.69, 9.17) is 5.26 Å². The van der Waals surface area contributed by atoms with Crippen LogP contribution in [0.15, 0.2) is 28.2 Å². The van der Waals surface area contributed by atoms with Gasteiger partial charge in [-0.05, 0) is 18.4 Å². The molecule has 0 spiro atoms. The molecule has 0 radical (unpaired) electrons. The minimum atomic E-state index is -4.90. The number of H-pyrrole nitrogens is 1. The van der Waals surface area contributed by atoms with Crippen molar-refractivity contribution in [2.45, 2.75) is 11.5 Å². The number of nitrogens with one attached hydrogen (secondary N) is 1. The van der Waals surface area contributed by atoms with Crippen molar-refractivity contribution in [2.24, 2.45) is 0 Å². The van der Waals surface area contributed by atoms with Crippen LogP contribution in [0, 0.1) is 11.3 Å². The first-order valence-electron chi connectivity index (χ1n) is 5.92. The van der Waals surface area contributed by atoms with E-state index in [-0.39, 0.29) is 22.0 Å². The van der Waals surface area contributed by atoms with Gasteiger partial charge in [-0.3, -0.25) is 4.79 Å². The predicted octanol–water partition coefficient (Wildman–Crippen LogP) is 2.63. The maximum atomic E-state index is 12.2. The minimum absolute atomic E-state index is 0.0579. The van der Waals surface area contributed by atoms with E-state index in [1.54, 1.807) is 12.3 Å². The molecule has 1 aromatic carbocycles. The number of alkyl halides is 3. The van der Waals surface area contributed by atoms with Gasteiger partial charge in [-0.2, -0.15) is 5.26 Å². The van der Waals surface area contributed by atoms with Crippen LogP contribution in [0.5, 0.6) is 11.5 Å². The van der Waals surface area contributed by atoms with Gasteiger partial charge in [-0.1, -0.05) is 11.8 Å². The van der Waals surface area contributed by atoms with Crippen LogP contribution in [0.25, 0.3) is 11.3 Å². The Morgan fingerprint density at radius 3 is 2.65 bits per heavy atom. The Morgan fingerprint density at radius 1 is 1.43 bits per heavy atom. The number of thioether (sulfide) groups is 1. The van der Waals surface area contributed by atoms with Gasteiger partial charge in [0.05, 0.1) is 0 Å². The van der Waals surface area contributed by atoms with Gasteiger partial charge in [0.2, 0.25) is 0 Å². The average Bonchev–Trinajstić information content (AvgIpc) is 2.44. The van der Waals surface area contributed by atoms with E-state index in [0.717, 1.165) is 30.0 Å². The second-order valence-corrected chi connectivity index (χ2v) is 4.93. The summed E-state index contributed by atoms with van der Waals surface area (Å²) in [5.74, 6) is -1.24. The first-order valence-corrected chi connectivity index (χ1v) is 7.15. The zero-order chi connectivity index (χ0) is 17.2. The Kier molecular flexibility index (Phi) is 4.51. The van der Waals surface area contributed by atoms with Crippen molar-refractivity contribution in [1.82, 2.24) is 9.97 Å². The van der Waals surface area contributed by atoms with E-state index in [0.29, 0.717) is 0 Å². The maximum absolute atomic E-state index is 12.2. The largest absolute Gasteiger partial charge is 0.573 e. The third-order valence-corrected chi connectivity index (χ3v) is 3.24. The zero-order valence-corrected chi connectivity index (χ0v) is 12.2. The summed E-state index contributed by atoms with van der Waals surface area (Å²) in [6.07, 6.45) is -3.27. The van der Waals surface area contributed by atoms with Crippen LogP contribution in [-0.4, -0.2) is 27.7 Å². The highest BCUT2D eigenvalue weighted by Gasteiger charge is 2.31. The summed E-state index contributed by atoms with van der Waals surface area (Å²) in [6, 6.07) is 4.42. The normalized spacial score (nSPS) is 11.1. The highest BCUT2D eigenvalue weighted by atomic mass is 32.2. The first-order chi connectivity index (χ1) is 10.7. The average molecular weight is 343 g/mol. The van der Waals surface area contributed by atoms with Gasteiger partial charge in [0.25, 0.3) is 5.56 Å². The summed E-state index contributed by atoms with van der Waals surface area (Å²) in [6.45, 7) is 0. The van der Waals surface area contributed by atoms with Crippen molar-refractivity contribution >= 4 is 11.8 Å². The van der Waals surface area contributed by atoms with Gasteiger partial charge in [-0.25, -0.2) is 4.98 Å². The van der Waals surface area contributed by atoms with Crippen molar-refractivity contribution < 1.29 is 23.0 Å². The number of hydrogen-bond acceptors (Lipinski definition) is 6. The number of phenols is 1. The standard InChI is InChI=1S/C13H8F3N3O3S/c1-23-12-18-10(8(5-17)11(21)19-12)7-3-2-6(4-9(7)20)22-13(14,15)16/h2-4,20H,1H3,(H,18,19,21). The number of nitriles is 1. The third kappa shape index (κ3) is 3.75. The van der Waals surface area contributed by atoms with Crippen LogP contribution < -0.4 is 10.3 Å². The molecule has 0 unspecified atom stereocenters. The Bertz CT molecular complexity index is 843. The van der Waals surface area contributed by atoms with Crippen LogP contribution in [0.4, 0.5) is 13.2 Å². The van der Waals surface area contributed by atoms with E-state index < -0.39 is 23.4 Å². The smallest absolute Gasteiger partial charge is 0.507 e. The fraction of sp³-hybridized carbons (Fsp3) is 0.154. The lowest BCUT2D eigenvalue weighted by Gasteiger charge is -2.11. The molecular formula is C13H8F3N3O3S. The van der Waals surface area contributed by atoms with Crippen LogP contribution in [0.1, 0.15) is 5.56 Å². The zero-order valence-electron chi connectivity index (χ0n) is 11.4. The van der Waals surface area contributed by atoms with Gasteiger partial charge >= 0.3 is 6.36 Å². The number of aromatic hydroxyl groups is 1. The van der Waals surface area contributed by atoms with Gasteiger partial charge in [0, 0.05) is 11.6 Å². The van der Waals surface area contributed by atoms with E-state index in [1.165, 1.54) is 0 Å². The molecule has 2 aromatic rings. The quantitative estimate of drug-likeness (QED) is 0.657. The van der Waals surface area contributed by atoms with Gasteiger partial charge in [0.15, 0.2) is 5.16 Å². The number of halogens is 3. The molecule has 0 saturated carbocycles. The SMILES string of the molecule is CSc1nc(-c2ccc(OC(F)(F)F)cc2O)c(C#N)c(=O)[nH]1. The van der Waals surface area contributed by atoms with E-state index in [9.17, 15) is 23.1 Å². The van der Waals surface area contributed by atoms with E-state index >= 15 is 0 Å². The number of aromatic nitrogens is 2. The van der Waals surface area contributed by atoms with E-state index in [1.807, 2.05) is 0 Å². The first kappa shape index (κ1) is 16.7. The number of phenolic OH excluding ortho intramolecular Hbond substituents is 1. The fourth-order valence-corrected chi connectivity index (χ4v) is 2.13. The Balaban J connectivity index is 2.57. The lowest BCUT2D eigenvalue weighted by molar-refractivity contribution is -0.274. The van der Waals surface area contributed by atoms with Crippen LogP contribution >= 0.6 is 11.8 Å². The van der Waals surface area contributed by atoms with Crippen molar-refractivity contribution in [3.63, 3.8) is 0 Å². The molecule has 2 N–H and O–H groups in total. The summed E-state index contributed by atoms with van der Waals surface area (Å²) in [4.78, 5) is 18.2. The van der Waals surface area contributed by atoms with Crippen LogP contribution in [0.3, 0.4) is 0 Å². The molecule has 10 heteroatoms. The summed E-state index contributed by atoms with van der Waals surface area (Å²) < 4.78 is 40.2. The molecule has 0 bridgehead atoms. The number of aromatic amines is 1.